The van der Waals surface area contributed by atoms with E-state index in [2.05, 4.69) is 12.2 Å². The van der Waals surface area contributed by atoms with Gasteiger partial charge < -0.3 is 18.6 Å². The Bertz CT molecular complexity index is 174. The summed E-state index contributed by atoms with van der Waals surface area (Å²) >= 11 is 2.03. The minimum absolute atomic E-state index is 0.868. The van der Waals surface area contributed by atoms with Crippen LogP contribution < -0.4 is 5.32 Å². The van der Waals surface area contributed by atoms with Crippen molar-refractivity contribution in [1.29, 1.82) is 0 Å². The summed E-state index contributed by atoms with van der Waals surface area (Å²) in [6, 6.07) is 0.868. The van der Waals surface area contributed by atoms with Crippen LogP contribution in [0.1, 0.15) is 26.2 Å². The van der Waals surface area contributed by atoms with Crippen LogP contribution in [0.15, 0.2) is 0 Å². The van der Waals surface area contributed by atoms with Gasteiger partial charge in [0.15, 0.2) is 0 Å². The SMILES string of the molecule is CCCCSCCNCCC[Si](OC)(OC)OC. The van der Waals surface area contributed by atoms with Crippen LogP contribution in [-0.4, -0.2) is 54.7 Å². The van der Waals surface area contributed by atoms with Gasteiger partial charge in [-0.3, -0.25) is 0 Å². The van der Waals surface area contributed by atoms with E-state index in [1.54, 1.807) is 21.3 Å². The van der Waals surface area contributed by atoms with Crippen molar-refractivity contribution in [1.82, 2.24) is 5.32 Å². The van der Waals surface area contributed by atoms with Gasteiger partial charge in [-0.05, 0) is 25.1 Å². The molecule has 0 radical (unpaired) electrons. The molecule has 0 heterocycles. The van der Waals surface area contributed by atoms with E-state index in [4.69, 9.17) is 13.3 Å². The summed E-state index contributed by atoms with van der Waals surface area (Å²) in [7, 11) is 2.64. The molecule has 1 N–H and O–H groups in total. The molecular formula is C12H29NO3SSi. The smallest absolute Gasteiger partial charge is 0.377 e. The van der Waals surface area contributed by atoms with Gasteiger partial charge in [0.25, 0.3) is 0 Å². The zero-order valence-corrected chi connectivity index (χ0v) is 14.1. The van der Waals surface area contributed by atoms with Crippen molar-refractivity contribution < 1.29 is 13.3 Å². The first kappa shape index (κ1) is 18.4. The summed E-state index contributed by atoms with van der Waals surface area (Å²) in [5, 5.41) is 3.44. The summed E-state index contributed by atoms with van der Waals surface area (Å²) in [6.07, 6.45) is 3.65. The summed E-state index contributed by atoms with van der Waals surface area (Å²) in [6.45, 7) is 4.31. The van der Waals surface area contributed by atoms with Gasteiger partial charge in [-0.25, -0.2) is 0 Å². The van der Waals surface area contributed by atoms with E-state index in [9.17, 15) is 0 Å². The number of rotatable bonds is 13. The molecule has 6 heteroatoms. The highest BCUT2D eigenvalue weighted by Crippen LogP contribution is 2.14. The lowest BCUT2D eigenvalue weighted by molar-refractivity contribution is 0.123. The Morgan fingerprint density at radius 1 is 0.944 bits per heavy atom. The van der Waals surface area contributed by atoms with E-state index in [1.807, 2.05) is 11.8 Å². The highest BCUT2D eigenvalue weighted by Gasteiger charge is 2.36. The van der Waals surface area contributed by atoms with Gasteiger partial charge in [-0.2, -0.15) is 11.8 Å². The van der Waals surface area contributed by atoms with Gasteiger partial charge in [-0.1, -0.05) is 13.3 Å². The average Bonchev–Trinajstić information content (AvgIpc) is 2.42. The van der Waals surface area contributed by atoms with E-state index >= 15 is 0 Å². The van der Waals surface area contributed by atoms with Gasteiger partial charge >= 0.3 is 8.80 Å². The van der Waals surface area contributed by atoms with Crippen molar-refractivity contribution in [2.45, 2.75) is 32.2 Å². The van der Waals surface area contributed by atoms with Crippen molar-refractivity contribution in [2.75, 3.05) is 45.9 Å². The lowest BCUT2D eigenvalue weighted by Crippen LogP contribution is -2.43. The van der Waals surface area contributed by atoms with E-state index in [1.165, 1.54) is 24.3 Å². The third-order valence-corrected chi connectivity index (χ3v) is 6.74. The molecule has 0 aromatic rings. The van der Waals surface area contributed by atoms with Gasteiger partial charge in [0.1, 0.15) is 0 Å². The van der Waals surface area contributed by atoms with Gasteiger partial charge in [-0.15, -0.1) is 0 Å². The number of thioether (sulfide) groups is 1. The highest BCUT2D eigenvalue weighted by molar-refractivity contribution is 7.99. The molecule has 0 atom stereocenters. The Morgan fingerprint density at radius 2 is 1.61 bits per heavy atom. The standard InChI is InChI=1S/C12H29NO3SSi/c1-5-6-10-17-11-9-13-8-7-12-18(14-2,15-3)16-4/h13H,5-12H2,1-4H3. The molecule has 0 saturated heterocycles. The summed E-state index contributed by atoms with van der Waals surface area (Å²) in [5.74, 6) is 2.48. The minimum atomic E-state index is -2.35. The van der Waals surface area contributed by atoms with Crippen LogP contribution in [0.4, 0.5) is 0 Å². The predicted molar refractivity (Wildman–Crippen MR) is 81.3 cm³/mol. The zero-order chi connectivity index (χ0) is 13.7. The largest absolute Gasteiger partial charge is 0.500 e. The molecule has 0 aromatic heterocycles. The van der Waals surface area contributed by atoms with Crippen molar-refractivity contribution >= 4 is 20.6 Å². The molecule has 0 aliphatic rings. The van der Waals surface area contributed by atoms with E-state index in [-0.39, 0.29) is 0 Å². The van der Waals surface area contributed by atoms with Crippen LogP contribution in [0.5, 0.6) is 0 Å². The molecule has 0 bridgehead atoms. The quantitative estimate of drug-likeness (QED) is 0.417. The molecule has 0 unspecified atom stereocenters. The molecule has 110 valence electrons. The fraction of sp³-hybridized carbons (Fsp3) is 1.00. The maximum atomic E-state index is 5.37. The van der Waals surface area contributed by atoms with Crippen LogP contribution in [0, 0.1) is 0 Å². The van der Waals surface area contributed by atoms with Crippen LogP contribution in [0.3, 0.4) is 0 Å². The second-order valence-corrected chi connectivity index (χ2v) is 8.43. The maximum absolute atomic E-state index is 5.37. The molecule has 0 aromatic carbocycles. The monoisotopic (exact) mass is 295 g/mol. The van der Waals surface area contributed by atoms with Gasteiger partial charge in [0.2, 0.25) is 0 Å². The van der Waals surface area contributed by atoms with Gasteiger partial charge in [0, 0.05) is 39.7 Å². The number of hydrogen-bond donors (Lipinski definition) is 1. The number of nitrogens with one attached hydrogen (secondary N) is 1. The van der Waals surface area contributed by atoms with Crippen LogP contribution in [0.25, 0.3) is 0 Å². The average molecular weight is 296 g/mol. The second-order valence-electron chi connectivity index (χ2n) is 4.11. The fourth-order valence-electron chi connectivity index (χ4n) is 1.60. The first-order chi connectivity index (χ1) is 8.74. The maximum Gasteiger partial charge on any atom is 0.500 e. The third-order valence-electron chi connectivity index (χ3n) is 2.83. The summed E-state index contributed by atoms with van der Waals surface area (Å²) < 4.78 is 16.1. The van der Waals surface area contributed by atoms with Crippen molar-refractivity contribution in [3.63, 3.8) is 0 Å². The minimum Gasteiger partial charge on any atom is -0.377 e. The molecule has 0 saturated carbocycles. The predicted octanol–water partition coefficient (Wildman–Crippen LogP) is 2.38. The number of hydrogen-bond acceptors (Lipinski definition) is 5. The molecule has 4 nitrogen and oxygen atoms in total. The van der Waals surface area contributed by atoms with Crippen LogP contribution in [0.2, 0.25) is 6.04 Å². The lowest BCUT2D eigenvalue weighted by Gasteiger charge is -2.24. The third kappa shape index (κ3) is 8.50. The molecular weight excluding hydrogens is 266 g/mol. The van der Waals surface area contributed by atoms with Gasteiger partial charge in [0.05, 0.1) is 0 Å². The molecule has 18 heavy (non-hydrogen) atoms. The highest BCUT2D eigenvalue weighted by atomic mass is 32.2. The molecule has 0 fully saturated rings. The van der Waals surface area contributed by atoms with Crippen molar-refractivity contribution in [3.8, 4) is 0 Å². The van der Waals surface area contributed by atoms with E-state index in [0.29, 0.717) is 0 Å². The Balaban J connectivity index is 3.38. The molecule has 0 rings (SSSR count). The molecule has 0 aliphatic heterocycles. The first-order valence-electron chi connectivity index (χ1n) is 6.68. The van der Waals surface area contributed by atoms with Crippen molar-refractivity contribution in [2.24, 2.45) is 0 Å². The van der Waals surface area contributed by atoms with E-state index in [0.717, 1.165) is 25.6 Å². The van der Waals surface area contributed by atoms with E-state index < -0.39 is 8.80 Å². The Morgan fingerprint density at radius 3 is 2.17 bits per heavy atom. The van der Waals surface area contributed by atoms with Crippen LogP contribution in [-0.2, 0) is 13.3 Å². The molecule has 0 aliphatic carbocycles. The Hall–Kier alpha value is 0.407. The lowest BCUT2D eigenvalue weighted by atomic mass is 10.4. The summed E-state index contributed by atoms with van der Waals surface area (Å²) in [5.41, 5.74) is 0. The normalized spacial score (nSPS) is 12.0. The first-order valence-corrected chi connectivity index (χ1v) is 9.77. The molecule has 0 amide bonds. The molecule has 0 spiro atoms. The fourth-order valence-corrected chi connectivity index (χ4v) is 4.31. The summed E-state index contributed by atoms with van der Waals surface area (Å²) in [4.78, 5) is 0. The topological polar surface area (TPSA) is 39.7 Å². The van der Waals surface area contributed by atoms with Crippen LogP contribution >= 0.6 is 11.8 Å². The van der Waals surface area contributed by atoms with Crippen molar-refractivity contribution in [3.05, 3.63) is 0 Å². The second kappa shape index (κ2) is 12.4. The number of unbranched alkanes of at least 4 members (excludes halogenated alkanes) is 1. The Labute approximate surface area is 118 Å². The zero-order valence-electron chi connectivity index (χ0n) is 12.3. The Kier molecular flexibility index (Phi) is 12.7.